The van der Waals surface area contributed by atoms with Crippen LogP contribution >= 0.6 is 0 Å². The van der Waals surface area contributed by atoms with Crippen molar-refractivity contribution >= 4 is 15.9 Å². The first kappa shape index (κ1) is 16.5. The second-order valence-corrected chi connectivity index (χ2v) is 7.53. The van der Waals surface area contributed by atoms with Crippen LogP contribution in [0.1, 0.15) is 16.1 Å². The van der Waals surface area contributed by atoms with Gasteiger partial charge in [0.05, 0.1) is 6.54 Å². The molecule has 1 aliphatic rings. The van der Waals surface area contributed by atoms with Gasteiger partial charge in [0.15, 0.2) is 0 Å². The summed E-state index contributed by atoms with van der Waals surface area (Å²) in [5.41, 5.74) is 1.40. The maximum atomic E-state index is 12.3. The summed E-state index contributed by atoms with van der Waals surface area (Å²) >= 11 is 0. The second kappa shape index (κ2) is 6.29. The predicted octanol–water partition coefficient (Wildman–Crippen LogP) is 0.667. The number of hydrogen-bond acceptors (Lipinski definition) is 4. The molecule has 1 amide bonds. The number of aryl methyl sites for hydroxylation is 1. The first-order valence-electron chi connectivity index (χ1n) is 7.53. The van der Waals surface area contributed by atoms with Crippen molar-refractivity contribution in [3.05, 3.63) is 47.8 Å². The van der Waals surface area contributed by atoms with Gasteiger partial charge in [-0.15, -0.1) is 0 Å². The first-order chi connectivity index (χ1) is 11.4. The molecule has 2 aromatic rings. The van der Waals surface area contributed by atoms with E-state index in [2.05, 4.69) is 10.0 Å². The molecule has 1 aliphatic heterocycles. The summed E-state index contributed by atoms with van der Waals surface area (Å²) in [5.74, 6) is 0.507. The summed E-state index contributed by atoms with van der Waals surface area (Å²) in [6.07, 6.45) is 2.03. The molecule has 1 aromatic heterocycles. The second-order valence-electron chi connectivity index (χ2n) is 5.64. The van der Waals surface area contributed by atoms with E-state index in [0.717, 1.165) is 17.7 Å². The fraction of sp³-hybridized carbons (Fsp3) is 0.312. The number of carbonyl (C=O) groups excluding carboxylic acids is 1. The van der Waals surface area contributed by atoms with E-state index >= 15 is 0 Å². The molecular weight excluding hydrogens is 330 g/mol. The average molecular weight is 349 g/mol. The standard InChI is InChI=1S/C16H19N3O4S/c1-17-24(21,22)13-8-14(19(2)10-13)16(20)18-9-12-7-11-5-3-4-6-15(11)23-12/h3-6,8,10,12,17H,7,9H2,1-2H3,(H,18,20)/t12-/m1/s1. The van der Waals surface area contributed by atoms with Gasteiger partial charge in [-0.05, 0) is 24.7 Å². The van der Waals surface area contributed by atoms with Crippen LogP contribution in [-0.2, 0) is 23.5 Å². The zero-order valence-electron chi connectivity index (χ0n) is 13.4. The van der Waals surface area contributed by atoms with Gasteiger partial charge in [-0.1, -0.05) is 18.2 Å². The number of nitrogens with zero attached hydrogens (tertiary/aromatic N) is 1. The van der Waals surface area contributed by atoms with E-state index < -0.39 is 10.0 Å². The quantitative estimate of drug-likeness (QED) is 0.830. The van der Waals surface area contributed by atoms with Crippen molar-refractivity contribution < 1.29 is 17.9 Å². The maximum absolute atomic E-state index is 12.3. The molecule has 0 bridgehead atoms. The molecule has 0 saturated carbocycles. The molecule has 7 nitrogen and oxygen atoms in total. The number of sulfonamides is 1. The van der Waals surface area contributed by atoms with Crippen molar-refractivity contribution in [3.63, 3.8) is 0 Å². The Kier molecular flexibility index (Phi) is 4.33. The SMILES string of the molecule is CNS(=O)(=O)c1cc(C(=O)NC[C@H]2Cc3ccccc3O2)n(C)c1. The van der Waals surface area contributed by atoms with E-state index in [1.807, 2.05) is 24.3 Å². The van der Waals surface area contributed by atoms with E-state index in [1.165, 1.54) is 23.9 Å². The Morgan fingerprint density at radius 3 is 2.83 bits per heavy atom. The molecule has 0 unspecified atom stereocenters. The van der Waals surface area contributed by atoms with Crippen molar-refractivity contribution in [1.82, 2.24) is 14.6 Å². The van der Waals surface area contributed by atoms with Crippen LogP contribution < -0.4 is 14.8 Å². The van der Waals surface area contributed by atoms with Crippen LogP contribution in [0.3, 0.4) is 0 Å². The lowest BCUT2D eigenvalue weighted by Crippen LogP contribution is -2.35. The van der Waals surface area contributed by atoms with Gasteiger partial charge in [-0.2, -0.15) is 0 Å². The Labute approximate surface area is 140 Å². The average Bonchev–Trinajstić information content (AvgIpc) is 3.16. The van der Waals surface area contributed by atoms with Crippen molar-refractivity contribution in [2.75, 3.05) is 13.6 Å². The molecule has 0 radical (unpaired) electrons. The Hall–Kier alpha value is -2.32. The zero-order chi connectivity index (χ0) is 17.3. The predicted molar refractivity (Wildman–Crippen MR) is 88.6 cm³/mol. The molecule has 24 heavy (non-hydrogen) atoms. The fourth-order valence-corrected chi connectivity index (χ4v) is 3.49. The molecule has 1 aromatic carbocycles. The third kappa shape index (κ3) is 3.15. The minimum Gasteiger partial charge on any atom is -0.488 e. The van der Waals surface area contributed by atoms with Gasteiger partial charge >= 0.3 is 0 Å². The number of ether oxygens (including phenoxy) is 1. The highest BCUT2D eigenvalue weighted by molar-refractivity contribution is 7.89. The smallest absolute Gasteiger partial charge is 0.268 e. The number of rotatable bonds is 5. The summed E-state index contributed by atoms with van der Waals surface area (Å²) < 4.78 is 33.1. The molecule has 3 rings (SSSR count). The van der Waals surface area contributed by atoms with Gasteiger partial charge in [0, 0.05) is 19.7 Å². The van der Waals surface area contributed by atoms with E-state index in [-0.39, 0.29) is 22.6 Å². The Balaban J connectivity index is 1.65. The van der Waals surface area contributed by atoms with Crippen molar-refractivity contribution in [1.29, 1.82) is 0 Å². The Morgan fingerprint density at radius 1 is 1.38 bits per heavy atom. The maximum Gasteiger partial charge on any atom is 0.268 e. The number of benzene rings is 1. The lowest BCUT2D eigenvalue weighted by Gasteiger charge is -2.12. The van der Waals surface area contributed by atoms with E-state index in [4.69, 9.17) is 4.74 Å². The zero-order valence-corrected chi connectivity index (χ0v) is 14.3. The molecule has 0 saturated heterocycles. The first-order valence-corrected chi connectivity index (χ1v) is 9.01. The molecule has 2 N–H and O–H groups in total. The number of aromatic nitrogens is 1. The van der Waals surface area contributed by atoms with Gasteiger partial charge < -0.3 is 14.6 Å². The highest BCUT2D eigenvalue weighted by Gasteiger charge is 2.24. The largest absolute Gasteiger partial charge is 0.488 e. The molecular formula is C16H19N3O4S. The molecule has 0 spiro atoms. The van der Waals surface area contributed by atoms with Crippen LogP contribution in [0.5, 0.6) is 5.75 Å². The van der Waals surface area contributed by atoms with Crippen molar-refractivity contribution in [2.45, 2.75) is 17.4 Å². The Morgan fingerprint density at radius 2 is 2.12 bits per heavy atom. The van der Waals surface area contributed by atoms with Gasteiger partial charge in [-0.25, -0.2) is 13.1 Å². The van der Waals surface area contributed by atoms with E-state index in [9.17, 15) is 13.2 Å². The number of hydrogen-bond donors (Lipinski definition) is 2. The number of fused-ring (bicyclic) bond motifs is 1. The normalized spacial score (nSPS) is 16.5. The van der Waals surface area contributed by atoms with Gasteiger partial charge in [0.2, 0.25) is 10.0 Å². The molecule has 128 valence electrons. The summed E-state index contributed by atoms with van der Waals surface area (Å²) in [6.45, 7) is 0.354. The molecule has 2 heterocycles. The van der Waals surface area contributed by atoms with E-state index in [0.29, 0.717) is 6.54 Å². The van der Waals surface area contributed by atoms with Gasteiger partial charge in [-0.3, -0.25) is 4.79 Å². The summed E-state index contributed by atoms with van der Waals surface area (Å²) in [7, 11) is -0.615. The van der Waals surface area contributed by atoms with Crippen molar-refractivity contribution in [3.8, 4) is 5.75 Å². The topological polar surface area (TPSA) is 89.4 Å². The third-order valence-corrected chi connectivity index (χ3v) is 5.38. The molecule has 0 aliphatic carbocycles. The van der Waals surface area contributed by atoms with Crippen LogP contribution in [0.4, 0.5) is 0 Å². The minimum atomic E-state index is -3.58. The summed E-state index contributed by atoms with van der Waals surface area (Å²) in [4.78, 5) is 12.4. The van der Waals surface area contributed by atoms with Gasteiger partial charge in [0.25, 0.3) is 5.91 Å². The number of para-hydroxylation sites is 1. The van der Waals surface area contributed by atoms with Crippen molar-refractivity contribution in [2.24, 2.45) is 7.05 Å². The third-order valence-electron chi connectivity index (χ3n) is 4.00. The lowest BCUT2D eigenvalue weighted by atomic mass is 10.1. The number of amides is 1. The van der Waals surface area contributed by atoms with Crippen LogP contribution in [-0.4, -0.2) is 38.6 Å². The highest BCUT2D eigenvalue weighted by atomic mass is 32.2. The lowest BCUT2D eigenvalue weighted by molar-refractivity contribution is 0.0925. The van der Waals surface area contributed by atoms with Crippen LogP contribution in [0.25, 0.3) is 0 Å². The summed E-state index contributed by atoms with van der Waals surface area (Å²) in [5, 5.41) is 2.80. The highest BCUT2D eigenvalue weighted by Crippen LogP contribution is 2.27. The fourth-order valence-electron chi connectivity index (χ4n) is 2.69. The molecule has 0 fully saturated rings. The van der Waals surface area contributed by atoms with Gasteiger partial charge in [0.1, 0.15) is 22.4 Å². The summed E-state index contributed by atoms with van der Waals surface area (Å²) in [6, 6.07) is 9.13. The number of nitrogens with one attached hydrogen (secondary N) is 2. The molecule has 1 atom stereocenters. The minimum absolute atomic E-state index is 0.0576. The van der Waals surface area contributed by atoms with Crippen LogP contribution in [0, 0.1) is 0 Å². The van der Waals surface area contributed by atoms with Crippen LogP contribution in [0.15, 0.2) is 41.4 Å². The number of carbonyl (C=O) groups is 1. The molecule has 8 heteroatoms. The monoisotopic (exact) mass is 349 g/mol. The van der Waals surface area contributed by atoms with Crippen LogP contribution in [0.2, 0.25) is 0 Å². The Bertz CT molecular complexity index is 848. The van der Waals surface area contributed by atoms with E-state index in [1.54, 1.807) is 7.05 Å².